The largest absolute Gasteiger partial charge is 0.401 e. The molecule has 0 radical (unpaired) electrons. The van der Waals surface area contributed by atoms with Gasteiger partial charge in [-0.1, -0.05) is 11.6 Å². The van der Waals surface area contributed by atoms with Gasteiger partial charge in [0, 0.05) is 36.5 Å². The van der Waals surface area contributed by atoms with Crippen LogP contribution < -0.4 is 5.73 Å². The van der Waals surface area contributed by atoms with Gasteiger partial charge >= 0.3 is 6.18 Å². The lowest BCUT2D eigenvalue weighted by atomic mass is 10.1. The van der Waals surface area contributed by atoms with E-state index in [2.05, 4.69) is 4.98 Å². The molecule has 0 aromatic carbocycles. The van der Waals surface area contributed by atoms with Crippen molar-refractivity contribution in [2.45, 2.75) is 18.1 Å². The van der Waals surface area contributed by atoms with Crippen molar-refractivity contribution < 1.29 is 17.9 Å². The van der Waals surface area contributed by atoms with Crippen molar-refractivity contribution in [3.05, 3.63) is 29.0 Å². The second kappa shape index (κ2) is 6.33. The van der Waals surface area contributed by atoms with Crippen molar-refractivity contribution in [3.63, 3.8) is 0 Å². The molecule has 3 atom stereocenters. The third kappa shape index (κ3) is 3.15. The normalized spacial score (nSPS) is 27.6. The highest BCUT2D eigenvalue weighted by molar-refractivity contribution is 6.33. The summed E-state index contributed by atoms with van der Waals surface area (Å²) in [5.41, 5.74) is 8.27. The van der Waals surface area contributed by atoms with E-state index in [0.29, 0.717) is 31.3 Å². The van der Waals surface area contributed by atoms with Gasteiger partial charge in [-0.15, -0.1) is 0 Å². The van der Waals surface area contributed by atoms with Crippen molar-refractivity contribution in [1.29, 1.82) is 0 Å². The van der Waals surface area contributed by atoms with Gasteiger partial charge in [0.25, 0.3) is 0 Å². The summed E-state index contributed by atoms with van der Waals surface area (Å²) in [5, 5.41) is 5.11. The Balaban J connectivity index is 1.40. The van der Waals surface area contributed by atoms with E-state index in [1.807, 2.05) is 10.7 Å². The van der Waals surface area contributed by atoms with Crippen molar-refractivity contribution in [2.75, 3.05) is 38.6 Å². The van der Waals surface area contributed by atoms with E-state index in [9.17, 15) is 13.2 Å². The van der Waals surface area contributed by atoms with Crippen molar-refractivity contribution >= 4 is 17.4 Å². The van der Waals surface area contributed by atoms with E-state index in [4.69, 9.17) is 27.2 Å². The highest BCUT2D eigenvalue weighted by atomic mass is 35.5. The number of anilines is 1. The summed E-state index contributed by atoms with van der Waals surface area (Å²) in [7, 11) is 0. The molecule has 150 valence electrons. The molecule has 2 aromatic rings. The van der Waals surface area contributed by atoms with Crippen LogP contribution in [0.25, 0.3) is 11.3 Å². The van der Waals surface area contributed by atoms with Crippen molar-refractivity contribution in [3.8, 4) is 11.3 Å². The van der Waals surface area contributed by atoms with Crippen LogP contribution in [-0.2, 0) is 4.74 Å². The number of piperidine rings is 1. The molecule has 6 nitrogen and oxygen atoms in total. The fraction of sp³-hybridized carbons (Fsp3) is 0.556. The van der Waals surface area contributed by atoms with Crippen molar-refractivity contribution in [1.82, 2.24) is 19.7 Å². The maximum atomic E-state index is 12.6. The van der Waals surface area contributed by atoms with Gasteiger partial charge in [-0.25, -0.2) is 4.98 Å². The predicted octanol–water partition coefficient (Wildman–Crippen LogP) is 2.96. The molecule has 0 unspecified atom stereocenters. The SMILES string of the molecule is Nc1ncc(-c2cc([C@H]3[C@@H]4CN(CC(F)(F)F)C[C@@H]43)n(C3COC3)n2)cc1Cl. The summed E-state index contributed by atoms with van der Waals surface area (Å²) >= 11 is 6.09. The number of pyridine rings is 1. The molecule has 4 heterocycles. The van der Waals surface area contributed by atoms with E-state index < -0.39 is 12.7 Å². The molecular weight excluding hydrogens is 395 g/mol. The number of halogens is 4. The highest BCUT2D eigenvalue weighted by Crippen LogP contribution is 2.59. The molecule has 28 heavy (non-hydrogen) atoms. The van der Waals surface area contributed by atoms with Crippen LogP contribution in [0.3, 0.4) is 0 Å². The molecule has 2 N–H and O–H groups in total. The smallest absolute Gasteiger partial charge is 0.382 e. The zero-order valence-electron chi connectivity index (χ0n) is 14.9. The Labute approximate surface area is 164 Å². The monoisotopic (exact) mass is 413 g/mol. The van der Waals surface area contributed by atoms with Crippen LogP contribution in [0.15, 0.2) is 18.3 Å². The Bertz CT molecular complexity index is 901. The molecule has 3 fully saturated rings. The van der Waals surface area contributed by atoms with Gasteiger partial charge in [-0.2, -0.15) is 18.3 Å². The minimum atomic E-state index is -4.15. The Morgan fingerprint density at radius 3 is 2.50 bits per heavy atom. The summed E-state index contributed by atoms with van der Waals surface area (Å²) in [6.07, 6.45) is -2.51. The lowest BCUT2D eigenvalue weighted by molar-refractivity contribution is -0.144. The fourth-order valence-electron chi connectivity index (χ4n) is 4.48. The molecule has 2 aliphatic heterocycles. The topological polar surface area (TPSA) is 69.2 Å². The number of nitrogens with zero attached hydrogens (tertiary/aromatic N) is 4. The van der Waals surface area contributed by atoms with Crippen LogP contribution in [0, 0.1) is 11.8 Å². The lowest BCUT2D eigenvalue weighted by Crippen LogP contribution is -2.35. The number of nitrogens with two attached hydrogens (primary N) is 1. The first-order chi connectivity index (χ1) is 13.3. The molecule has 0 amide bonds. The number of nitrogen functional groups attached to an aromatic ring is 1. The first-order valence-corrected chi connectivity index (χ1v) is 9.55. The summed E-state index contributed by atoms with van der Waals surface area (Å²) < 4.78 is 45.3. The van der Waals surface area contributed by atoms with Gasteiger partial charge in [0.1, 0.15) is 5.82 Å². The number of fused-ring (bicyclic) bond motifs is 1. The molecule has 10 heteroatoms. The van der Waals surface area contributed by atoms with Gasteiger partial charge in [0.2, 0.25) is 0 Å². The number of alkyl halides is 3. The minimum absolute atomic E-state index is 0.161. The van der Waals surface area contributed by atoms with Crippen LogP contribution in [0.4, 0.5) is 19.0 Å². The summed E-state index contributed by atoms with van der Waals surface area (Å²) in [6, 6.07) is 3.91. The second-order valence-corrected chi connectivity index (χ2v) is 8.25. The van der Waals surface area contributed by atoms with Crippen LogP contribution in [0.1, 0.15) is 17.7 Å². The van der Waals surface area contributed by atoms with Crippen LogP contribution in [0.5, 0.6) is 0 Å². The third-order valence-electron chi connectivity index (χ3n) is 5.91. The van der Waals surface area contributed by atoms with Gasteiger partial charge in [0.15, 0.2) is 0 Å². The zero-order valence-corrected chi connectivity index (χ0v) is 15.6. The van der Waals surface area contributed by atoms with E-state index in [0.717, 1.165) is 17.0 Å². The molecule has 0 bridgehead atoms. The zero-order chi connectivity index (χ0) is 19.6. The Morgan fingerprint density at radius 1 is 1.21 bits per heavy atom. The van der Waals surface area contributed by atoms with E-state index >= 15 is 0 Å². The van der Waals surface area contributed by atoms with Crippen molar-refractivity contribution in [2.24, 2.45) is 11.8 Å². The van der Waals surface area contributed by atoms with Crippen LogP contribution >= 0.6 is 11.6 Å². The van der Waals surface area contributed by atoms with Gasteiger partial charge in [-0.3, -0.25) is 9.58 Å². The van der Waals surface area contributed by atoms with Crippen LogP contribution in [0.2, 0.25) is 5.02 Å². The molecular formula is C18H19ClF3N5O. The number of ether oxygens (including phenoxy) is 1. The molecule has 1 aliphatic carbocycles. The number of rotatable bonds is 4. The predicted molar refractivity (Wildman–Crippen MR) is 97.0 cm³/mol. The second-order valence-electron chi connectivity index (χ2n) is 7.84. The first kappa shape index (κ1) is 18.2. The standard InChI is InChI=1S/C18H19ClF3N5O/c19-13-1-9(3-24-17(13)23)14-2-15(27(25-14)10-6-28-7-10)16-11-4-26(5-12(11)16)8-18(20,21)22/h1-3,10-12,16H,4-8H2,(H2,23,24)/t11-,12+,16+. The summed E-state index contributed by atoms with van der Waals surface area (Å²) in [4.78, 5) is 5.60. The Morgan fingerprint density at radius 2 is 1.93 bits per heavy atom. The Hall–Kier alpha value is -1.84. The van der Waals surface area contributed by atoms with E-state index in [-0.39, 0.29) is 29.6 Å². The van der Waals surface area contributed by atoms with Gasteiger partial charge in [0.05, 0.1) is 36.5 Å². The molecule has 2 saturated heterocycles. The molecule has 1 saturated carbocycles. The number of likely N-dealkylation sites (tertiary alicyclic amines) is 1. The van der Waals surface area contributed by atoms with Gasteiger partial charge in [-0.05, 0) is 24.0 Å². The molecule has 5 rings (SSSR count). The maximum Gasteiger partial charge on any atom is 0.401 e. The average molecular weight is 414 g/mol. The number of hydrogen-bond donors (Lipinski definition) is 1. The Kier molecular flexibility index (Phi) is 4.12. The summed E-state index contributed by atoms with van der Waals surface area (Å²) in [6.45, 7) is 1.31. The summed E-state index contributed by atoms with van der Waals surface area (Å²) in [5.74, 6) is 1.00. The average Bonchev–Trinajstić information content (AvgIpc) is 2.91. The molecule has 3 aliphatic rings. The third-order valence-corrected chi connectivity index (χ3v) is 6.21. The minimum Gasteiger partial charge on any atom is -0.382 e. The number of hydrogen-bond acceptors (Lipinski definition) is 5. The van der Waals surface area contributed by atoms with E-state index in [1.54, 1.807) is 12.3 Å². The molecule has 0 spiro atoms. The number of aromatic nitrogens is 3. The quantitative estimate of drug-likeness (QED) is 0.834. The van der Waals surface area contributed by atoms with E-state index in [1.165, 1.54) is 4.90 Å². The molecule has 2 aromatic heterocycles. The highest BCUT2D eigenvalue weighted by Gasteiger charge is 2.58. The fourth-order valence-corrected chi connectivity index (χ4v) is 4.65. The van der Waals surface area contributed by atoms with Crippen LogP contribution in [-0.4, -0.2) is 58.7 Å². The first-order valence-electron chi connectivity index (χ1n) is 9.18. The van der Waals surface area contributed by atoms with Gasteiger partial charge < -0.3 is 10.5 Å². The lowest BCUT2D eigenvalue weighted by Gasteiger charge is -2.28. The maximum absolute atomic E-state index is 12.6.